The third-order valence-corrected chi connectivity index (χ3v) is 4.98. The topological polar surface area (TPSA) is 30.5 Å². The second kappa shape index (κ2) is 4.96. The van der Waals surface area contributed by atoms with Crippen LogP contribution in [-0.2, 0) is 6.54 Å². The number of benzene rings is 1. The van der Waals surface area contributed by atoms with E-state index < -0.39 is 0 Å². The van der Waals surface area contributed by atoms with Crippen LogP contribution in [0.15, 0.2) is 18.2 Å². The van der Waals surface area contributed by atoms with Crippen LogP contribution < -0.4 is 14.8 Å². The number of hydrogen-bond donors (Lipinski definition) is 1. The zero-order chi connectivity index (χ0) is 13.4. The Morgan fingerprint density at radius 2 is 2.00 bits per heavy atom. The van der Waals surface area contributed by atoms with Crippen LogP contribution in [0.3, 0.4) is 0 Å². The molecule has 0 saturated heterocycles. The van der Waals surface area contributed by atoms with Crippen molar-refractivity contribution in [2.24, 2.45) is 11.3 Å². The van der Waals surface area contributed by atoms with Crippen molar-refractivity contribution < 1.29 is 9.47 Å². The molecule has 0 spiro atoms. The lowest BCUT2D eigenvalue weighted by atomic mass is 10.0. The highest BCUT2D eigenvalue weighted by Gasteiger charge is 2.53. The molecule has 1 N–H and O–H groups in total. The van der Waals surface area contributed by atoms with Gasteiger partial charge in [0.1, 0.15) is 0 Å². The SMILES string of the molecule is c1cc(CNCC2(C3CC3)CC2)c2c(c1)OCCCO2. The van der Waals surface area contributed by atoms with E-state index in [4.69, 9.17) is 9.47 Å². The van der Waals surface area contributed by atoms with Crippen molar-refractivity contribution in [1.82, 2.24) is 5.32 Å². The Bertz CT molecular complexity index is 492. The van der Waals surface area contributed by atoms with Gasteiger partial charge in [0.2, 0.25) is 0 Å². The molecule has 4 rings (SSSR count). The molecular formula is C17H23NO2. The molecule has 2 saturated carbocycles. The van der Waals surface area contributed by atoms with Crippen LogP contribution in [0, 0.1) is 11.3 Å². The Labute approximate surface area is 120 Å². The van der Waals surface area contributed by atoms with E-state index >= 15 is 0 Å². The predicted octanol–water partition coefficient (Wildman–Crippen LogP) is 3.13. The summed E-state index contributed by atoms with van der Waals surface area (Å²) in [6.07, 6.45) is 6.74. The Morgan fingerprint density at radius 3 is 2.80 bits per heavy atom. The van der Waals surface area contributed by atoms with Gasteiger partial charge in [-0.05, 0) is 43.1 Å². The summed E-state index contributed by atoms with van der Waals surface area (Å²) in [4.78, 5) is 0. The fourth-order valence-corrected chi connectivity index (χ4v) is 3.42. The summed E-state index contributed by atoms with van der Waals surface area (Å²) in [6.45, 7) is 3.58. The van der Waals surface area contributed by atoms with Crippen molar-refractivity contribution in [2.75, 3.05) is 19.8 Å². The van der Waals surface area contributed by atoms with Gasteiger partial charge in [-0.3, -0.25) is 0 Å². The monoisotopic (exact) mass is 273 g/mol. The number of ether oxygens (including phenoxy) is 2. The molecule has 3 heteroatoms. The minimum absolute atomic E-state index is 0.656. The Hall–Kier alpha value is -1.22. The van der Waals surface area contributed by atoms with Crippen molar-refractivity contribution in [3.8, 4) is 11.5 Å². The molecule has 0 unspecified atom stereocenters. The van der Waals surface area contributed by atoms with Gasteiger partial charge in [-0.15, -0.1) is 0 Å². The molecule has 0 radical (unpaired) electrons. The van der Waals surface area contributed by atoms with Crippen molar-refractivity contribution in [3.63, 3.8) is 0 Å². The molecule has 0 bridgehead atoms. The van der Waals surface area contributed by atoms with E-state index in [2.05, 4.69) is 17.4 Å². The zero-order valence-electron chi connectivity index (χ0n) is 12.0. The molecule has 1 aromatic rings. The van der Waals surface area contributed by atoms with Crippen LogP contribution in [0.25, 0.3) is 0 Å². The molecule has 0 atom stereocenters. The maximum absolute atomic E-state index is 5.87. The van der Waals surface area contributed by atoms with Crippen LogP contribution in [0.2, 0.25) is 0 Å². The summed E-state index contributed by atoms with van der Waals surface area (Å²) >= 11 is 0. The third kappa shape index (κ3) is 2.39. The molecule has 108 valence electrons. The molecule has 1 aromatic carbocycles. The largest absolute Gasteiger partial charge is 0.490 e. The fraction of sp³-hybridized carbons (Fsp3) is 0.647. The Balaban J connectivity index is 1.41. The van der Waals surface area contributed by atoms with E-state index in [-0.39, 0.29) is 0 Å². The Kier molecular flexibility index (Phi) is 3.10. The first-order chi connectivity index (χ1) is 9.87. The average molecular weight is 273 g/mol. The number of rotatable bonds is 5. The van der Waals surface area contributed by atoms with E-state index in [9.17, 15) is 0 Å². The summed E-state index contributed by atoms with van der Waals surface area (Å²) in [7, 11) is 0. The molecule has 0 aromatic heterocycles. The maximum Gasteiger partial charge on any atom is 0.165 e. The molecule has 1 aliphatic heterocycles. The van der Waals surface area contributed by atoms with Gasteiger partial charge in [0, 0.05) is 25.1 Å². The van der Waals surface area contributed by atoms with E-state index in [1.54, 1.807) is 0 Å². The van der Waals surface area contributed by atoms with Gasteiger partial charge in [0.05, 0.1) is 13.2 Å². The predicted molar refractivity (Wildman–Crippen MR) is 78.1 cm³/mol. The highest BCUT2D eigenvalue weighted by Crippen LogP contribution is 2.60. The van der Waals surface area contributed by atoms with Crippen molar-refractivity contribution >= 4 is 0 Å². The standard InChI is InChI=1S/C17H23NO2/c1-3-13(16-15(4-1)19-9-2-10-20-16)11-18-12-17(7-8-17)14-5-6-14/h1,3-4,14,18H,2,5-12H2. The molecule has 2 fully saturated rings. The van der Waals surface area contributed by atoms with Crippen molar-refractivity contribution in [2.45, 2.75) is 38.6 Å². The summed E-state index contributed by atoms with van der Waals surface area (Å²) in [5.74, 6) is 2.88. The lowest BCUT2D eigenvalue weighted by molar-refractivity contribution is 0.295. The van der Waals surface area contributed by atoms with Crippen molar-refractivity contribution in [1.29, 1.82) is 0 Å². The number of para-hydroxylation sites is 1. The average Bonchev–Trinajstić information content (AvgIpc) is 3.30. The first-order valence-corrected chi connectivity index (χ1v) is 7.96. The molecule has 3 nitrogen and oxygen atoms in total. The van der Waals surface area contributed by atoms with E-state index in [0.29, 0.717) is 5.41 Å². The van der Waals surface area contributed by atoms with Crippen LogP contribution in [-0.4, -0.2) is 19.8 Å². The summed E-state index contributed by atoms with van der Waals surface area (Å²) in [5.41, 5.74) is 1.89. The molecule has 1 heterocycles. The highest BCUT2D eigenvalue weighted by molar-refractivity contribution is 5.47. The summed E-state index contributed by atoms with van der Waals surface area (Å²) in [6, 6.07) is 6.23. The van der Waals surface area contributed by atoms with Gasteiger partial charge in [0.15, 0.2) is 11.5 Å². The lowest BCUT2D eigenvalue weighted by Gasteiger charge is -2.17. The smallest absolute Gasteiger partial charge is 0.165 e. The molecule has 20 heavy (non-hydrogen) atoms. The van der Waals surface area contributed by atoms with Gasteiger partial charge in [-0.2, -0.15) is 0 Å². The van der Waals surface area contributed by atoms with E-state index in [1.807, 2.05) is 6.07 Å². The Morgan fingerprint density at radius 1 is 1.15 bits per heavy atom. The van der Waals surface area contributed by atoms with Gasteiger partial charge in [-0.1, -0.05) is 12.1 Å². The number of fused-ring (bicyclic) bond motifs is 1. The van der Waals surface area contributed by atoms with E-state index in [1.165, 1.54) is 37.8 Å². The second-order valence-corrected chi connectivity index (χ2v) is 6.54. The summed E-state index contributed by atoms with van der Waals surface area (Å²) < 4.78 is 11.6. The third-order valence-electron chi connectivity index (χ3n) is 4.98. The van der Waals surface area contributed by atoms with Crippen LogP contribution in [0.5, 0.6) is 11.5 Å². The second-order valence-electron chi connectivity index (χ2n) is 6.54. The number of hydrogen-bond acceptors (Lipinski definition) is 3. The number of nitrogens with one attached hydrogen (secondary N) is 1. The van der Waals surface area contributed by atoms with Gasteiger partial charge in [-0.25, -0.2) is 0 Å². The minimum Gasteiger partial charge on any atom is -0.490 e. The zero-order valence-corrected chi connectivity index (χ0v) is 12.0. The normalized spacial score (nSPS) is 23.2. The van der Waals surface area contributed by atoms with Gasteiger partial charge in [0.25, 0.3) is 0 Å². The highest BCUT2D eigenvalue weighted by atomic mass is 16.5. The van der Waals surface area contributed by atoms with Crippen molar-refractivity contribution in [3.05, 3.63) is 23.8 Å². The van der Waals surface area contributed by atoms with Gasteiger partial charge >= 0.3 is 0 Å². The van der Waals surface area contributed by atoms with Crippen LogP contribution >= 0.6 is 0 Å². The molecular weight excluding hydrogens is 250 g/mol. The summed E-state index contributed by atoms with van der Waals surface area (Å²) in [5, 5.41) is 3.66. The molecule has 2 aliphatic carbocycles. The molecule has 0 amide bonds. The fourth-order valence-electron chi connectivity index (χ4n) is 3.42. The van der Waals surface area contributed by atoms with Gasteiger partial charge < -0.3 is 14.8 Å². The van der Waals surface area contributed by atoms with E-state index in [0.717, 1.165) is 43.6 Å². The maximum atomic E-state index is 5.87. The van der Waals surface area contributed by atoms with Crippen LogP contribution in [0.1, 0.15) is 37.7 Å². The lowest BCUT2D eigenvalue weighted by Crippen LogP contribution is -2.25. The first kappa shape index (κ1) is 12.5. The molecule has 3 aliphatic rings. The minimum atomic E-state index is 0.656. The quantitative estimate of drug-likeness (QED) is 0.894. The van der Waals surface area contributed by atoms with Crippen LogP contribution in [0.4, 0.5) is 0 Å². The first-order valence-electron chi connectivity index (χ1n) is 7.96.